The molecule has 2 aromatic heterocycles. The summed E-state index contributed by atoms with van der Waals surface area (Å²) in [5, 5.41) is 9.54. The van der Waals surface area contributed by atoms with Gasteiger partial charge >= 0.3 is 0 Å². The number of piperidine rings is 1. The highest BCUT2D eigenvalue weighted by Crippen LogP contribution is 2.27. The summed E-state index contributed by atoms with van der Waals surface area (Å²) in [6.45, 7) is 1.62. The Balaban J connectivity index is 1.37. The van der Waals surface area contributed by atoms with Gasteiger partial charge in [0.1, 0.15) is 10.7 Å². The Bertz CT molecular complexity index is 959. The third-order valence-corrected chi connectivity index (χ3v) is 6.47. The monoisotopic (exact) mass is 412 g/mol. The molecule has 1 aromatic carbocycles. The van der Waals surface area contributed by atoms with Crippen LogP contribution in [-0.4, -0.2) is 29.9 Å². The number of rotatable bonds is 5. The van der Waals surface area contributed by atoms with Crippen LogP contribution in [0.3, 0.4) is 0 Å². The lowest BCUT2D eigenvalue weighted by atomic mass is 9.96. The van der Waals surface area contributed by atoms with Gasteiger partial charge < -0.3 is 16.0 Å². The highest BCUT2D eigenvalue weighted by Gasteiger charge is 2.23. The van der Waals surface area contributed by atoms with E-state index < -0.39 is 0 Å². The predicted octanol–water partition coefficient (Wildman–Crippen LogP) is 3.83. The molecule has 0 saturated carbocycles. The molecule has 0 radical (unpaired) electrons. The van der Waals surface area contributed by atoms with Crippen LogP contribution in [0, 0.1) is 5.92 Å². The minimum Gasteiger partial charge on any atom is -0.371 e. The van der Waals surface area contributed by atoms with Crippen LogP contribution in [0.4, 0.5) is 11.4 Å². The Morgan fingerprint density at radius 2 is 1.86 bits per heavy atom. The summed E-state index contributed by atoms with van der Waals surface area (Å²) < 4.78 is 0. The van der Waals surface area contributed by atoms with Crippen molar-refractivity contribution in [2.45, 2.75) is 12.8 Å². The van der Waals surface area contributed by atoms with Crippen molar-refractivity contribution in [3.8, 4) is 10.6 Å². The molecule has 1 fully saturated rings. The second-order valence-corrected chi connectivity index (χ2v) is 8.35. The molecule has 1 aliphatic rings. The van der Waals surface area contributed by atoms with E-state index in [9.17, 15) is 9.59 Å². The summed E-state index contributed by atoms with van der Waals surface area (Å²) in [5.74, 6) is -0.443. The summed E-state index contributed by atoms with van der Waals surface area (Å²) in [5.41, 5.74) is 8.66. The van der Waals surface area contributed by atoms with Gasteiger partial charge in [-0.05, 0) is 48.6 Å². The van der Waals surface area contributed by atoms with Crippen LogP contribution in [0.25, 0.3) is 10.6 Å². The smallest absolute Gasteiger partial charge is 0.275 e. The van der Waals surface area contributed by atoms with Gasteiger partial charge in [0.05, 0.1) is 0 Å². The number of carbonyl (C=O) groups is 2. The zero-order valence-electron chi connectivity index (χ0n) is 15.1. The van der Waals surface area contributed by atoms with Gasteiger partial charge in [0.15, 0.2) is 0 Å². The molecule has 3 aromatic rings. The van der Waals surface area contributed by atoms with E-state index in [1.54, 1.807) is 16.7 Å². The Morgan fingerprint density at radius 3 is 2.50 bits per heavy atom. The number of hydrogen-bond donors (Lipinski definition) is 2. The second kappa shape index (κ2) is 8.12. The standard InChI is InChI=1S/C20H20N4O2S2/c21-18(25)13-5-8-24(9-6-13)16-3-1-15(2-4-16)22-19(26)17-12-28-20(23-17)14-7-10-27-11-14/h1-4,7,10-13H,5-6,8-9H2,(H2,21,25)(H,22,26). The molecular formula is C20H20N4O2S2. The average molecular weight is 413 g/mol. The van der Waals surface area contributed by atoms with E-state index in [1.807, 2.05) is 41.1 Å². The second-order valence-electron chi connectivity index (χ2n) is 6.71. The van der Waals surface area contributed by atoms with Crippen LogP contribution < -0.4 is 16.0 Å². The van der Waals surface area contributed by atoms with Crippen molar-refractivity contribution < 1.29 is 9.59 Å². The molecule has 4 rings (SSSR count). The van der Waals surface area contributed by atoms with Crippen molar-refractivity contribution in [3.63, 3.8) is 0 Å². The van der Waals surface area contributed by atoms with E-state index in [0.29, 0.717) is 5.69 Å². The van der Waals surface area contributed by atoms with Crippen molar-refractivity contribution in [2.24, 2.45) is 11.7 Å². The molecular weight excluding hydrogens is 392 g/mol. The number of nitrogens with zero attached hydrogens (tertiary/aromatic N) is 2. The fourth-order valence-electron chi connectivity index (χ4n) is 3.27. The fraction of sp³-hybridized carbons (Fsp3) is 0.250. The number of thiazole rings is 1. The Kier molecular flexibility index (Phi) is 5.40. The topological polar surface area (TPSA) is 88.3 Å². The number of benzene rings is 1. The summed E-state index contributed by atoms with van der Waals surface area (Å²) in [7, 11) is 0. The molecule has 0 aliphatic carbocycles. The fourth-order valence-corrected chi connectivity index (χ4v) is 4.78. The van der Waals surface area contributed by atoms with Gasteiger partial charge in [0.25, 0.3) is 5.91 Å². The lowest BCUT2D eigenvalue weighted by molar-refractivity contribution is -0.122. The number of hydrogen-bond acceptors (Lipinski definition) is 6. The molecule has 0 bridgehead atoms. The Hall–Kier alpha value is -2.71. The molecule has 8 heteroatoms. The van der Waals surface area contributed by atoms with Gasteiger partial charge in [-0.2, -0.15) is 11.3 Å². The maximum absolute atomic E-state index is 12.5. The summed E-state index contributed by atoms with van der Waals surface area (Å²) in [4.78, 5) is 30.4. The molecule has 0 spiro atoms. The largest absolute Gasteiger partial charge is 0.371 e. The van der Waals surface area contributed by atoms with E-state index in [1.165, 1.54) is 11.3 Å². The number of aromatic nitrogens is 1. The lowest BCUT2D eigenvalue weighted by Gasteiger charge is -2.32. The number of nitrogens with two attached hydrogens (primary N) is 1. The van der Waals surface area contributed by atoms with Crippen LogP contribution in [0.1, 0.15) is 23.3 Å². The highest BCUT2D eigenvalue weighted by molar-refractivity contribution is 7.14. The molecule has 1 saturated heterocycles. The first-order valence-corrected chi connectivity index (χ1v) is 10.9. The van der Waals surface area contributed by atoms with Crippen molar-refractivity contribution >= 4 is 45.9 Å². The highest BCUT2D eigenvalue weighted by atomic mass is 32.1. The molecule has 0 atom stereocenters. The van der Waals surface area contributed by atoms with Crippen molar-refractivity contribution in [2.75, 3.05) is 23.3 Å². The van der Waals surface area contributed by atoms with E-state index in [0.717, 1.165) is 47.9 Å². The summed E-state index contributed by atoms with van der Waals surface area (Å²) in [6, 6.07) is 9.74. The van der Waals surface area contributed by atoms with Crippen molar-refractivity contribution in [1.82, 2.24) is 4.98 Å². The number of amides is 2. The average Bonchev–Trinajstić information content (AvgIpc) is 3.40. The number of carbonyl (C=O) groups excluding carboxylic acids is 2. The predicted molar refractivity (Wildman–Crippen MR) is 114 cm³/mol. The molecule has 3 N–H and O–H groups in total. The summed E-state index contributed by atoms with van der Waals surface area (Å²) in [6.07, 6.45) is 1.56. The van der Waals surface area contributed by atoms with E-state index >= 15 is 0 Å². The minimum absolute atomic E-state index is 0.0214. The summed E-state index contributed by atoms with van der Waals surface area (Å²) >= 11 is 3.07. The van der Waals surface area contributed by atoms with Crippen LogP contribution in [0.5, 0.6) is 0 Å². The van der Waals surface area contributed by atoms with Crippen molar-refractivity contribution in [3.05, 3.63) is 52.2 Å². The number of thiophene rings is 1. The molecule has 1 aliphatic heterocycles. The van der Waals surface area contributed by atoms with E-state index in [-0.39, 0.29) is 17.7 Å². The van der Waals surface area contributed by atoms with Gasteiger partial charge in [0.2, 0.25) is 5.91 Å². The first-order valence-electron chi connectivity index (χ1n) is 9.04. The van der Waals surface area contributed by atoms with Crippen LogP contribution >= 0.6 is 22.7 Å². The molecule has 3 heterocycles. The molecule has 0 unspecified atom stereocenters. The zero-order valence-corrected chi connectivity index (χ0v) is 16.8. The first kappa shape index (κ1) is 18.6. The zero-order chi connectivity index (χ0) is 19.5. The maximum Gasteiger partial charge on any atom is 0.275 e. The number of nitrogens with one attached hydrogen (secondary N) is 1. The van der Waals surface area contributed by atoms with Gasteiger partial charge in [-0.1, -0.05) is 0 Å². The third kappa shape index (κ3) is 4.07. The van der Waals surface area contributed by atoms with Gasteiger partial charge in [-0.25, -0.2) is 4.98 Å². The van der Waals surface area contributed by atoms with E-state index in [2.05, 4.69) is 15.2 Å². The molecule has 2 amide bonds. The normalized spacial score (nSPS) is 14.8. The molecule has 28 heavy (non-hydrogen) atoms. The Labute approximate surface area is 171 Å². The molecule has 144 valence electrons. The quantitative estimate of drug-likeness (QED) is 0.667. The third-order valence-electron chi connectivity index (χ3n) is 4.89. The van der Waals surface area contributed by atoms with Crippen LogP contribution in [0.2, 0.25) is 0 Å². The molecule has 6 nitrogen and oxygen atoms in total. The van der Waals surface area contributed by atoms with Crippen LogP contribution in [0.15, 0.2) is 46.5 Å². The number of anilines is 2. The first-order chi connectivity index (χ1) is 13.6. The van der Waals surface area contributed by atoms with E-state index in [4.69, 9.17) is 5.73 Å². The van der Waals surface area contributed by atoms with Crippen LogP contribution in [-0.2, 0) is 4.79 Å². The van der Waals surface area contributed by atoms with Crippen molar-refractivity contribution in [1.29, 1.82) is 0 Å². The van der Waals surface area contributed by atoms with Gasteiger partial charge in [-0.15, -0.1) is 11.3 Å². The lowest BCUT2D eigenvalue weighted by Crippen LogP contribution is -2.38. The van der Waals surface area contributed by atoms with Gasteiger partial charge in [0, 0.05) is 46.7 Å². The number of primary amides is 1. The maximum atomic E-state index is 12.5. The SMILES string of the molecule is NC(=O)C1CCN(c2ccc(NC(=O)c3csc(-c4ccsc4)n3)cc2)CC1. The minimum atomic E-state index is -0.215. The Morgan fingerprint density at radius 1 is 1.11 bits per heavy atom. The van der Waals surface area contributed by atoms with Gasteiger partial charge in [-0.3, -0.25) is 9.59 Å².